The fourth-order valence-corrected chi connectivity index (χ4v) is 3.24. The molecule has 2 rings (SSSR count). The first-order valence-electron chi connectivity index (χ1n) is 8.63. The Balaban J connectivity index is 2.30. The van der Waals surface area contributed by atoms with Crippen molar-refractivity contribution in [1.29, 1.82) is 0 Å². The number of rotatable bonds is 1. The van der Waals surface area contributed by atoms with Crippen LogP contribution in [0.3, 0.4) is 0 Å². The van der Waals surface area contributed by atoms with E-state index in [1.54, 1.807) is 0 Å². The smallest absolute Gasteiger partial charge is 0.334 e. The Morgan fingerprint density at radius 1 is 1.21 bits per heavy atom. The molecule has 1 fully saturated rings. The molecular weight excluding hydrogens is 304 g/mol. The number of hydrogen-bond acceptors (Lipinski definition) is 4. The van der Waals surface area contributed by atoms with Gasteiger partial charge in [-0.2, -0.15) is 0 Å². The molecule has 2 N–H and O–H groups in total. The molecule has 1 aliphatic carbocycles. The molecule has 1 aliphatic heterocycles. The van der Waals surface area contributed by atoms with Crippen molar-refractivity contribution in [1.82, 2.24) is 0 Å². The third-order valence-corrected chi connectivity index (χ3v) is 4.95. The summed E-state index contributed by atoms with van der Waals surface area (Å²) in [6.07, 6.45) is 8.78. The molecular formula is C20H28O4. The van der Waals surface area contributed by atoms with Crippen molar-refractivity contribution in [2.45, 2.75) is 58.2 Å². The quantitative estimate of drug-likeness (QED) is 0.439. The minimum absolute atomic E-state index is 0.00698. The van der Waals surface area contributed by atoms with Gasteiger partial charge >= 0.3 is 5.97 Å². The molecule has 0 aromatic heterocycles. The summed E-state index contributed by atoms with van der Waals surface area (Å²) in [4.78, 5) is 11.9. The molecule has 2 aliphatic rings. The highest BCUT2D eigenvalue weighted by atomic mass is 16.6. The van der Waals surface area contributed by atoms with Crippen LogP contribution in [0, 0.1) is 5.92 Å². The van der Waals surface area contributed by atoms with Gasteiger partial charge in [-0.25, -0.2) is 4.79 Å². The molecule has 0 amide bonds. The summed E-state index contributed by atoms with van der Waals surface area (Å²) in [5.41, 5.74) is 3.48. The van der Waals surface area contributed by atoms with Gasteiger partial charge in [0.05, 0.1) is 6.61 Å². The highest BCUT2D eigenvalue weighted by Gasteiger charge is 2.42. The number of aliphatic hydroxyl groups excluding tert-OH is 2. The maximum atomic E-state index is 11.9. The van der Waals surface area contributed by atoms with Gasteiger partial charge < -0.3 is 14.9 Å². The first-order chi connectivity index (χ1) is 11.4. The Hall–Kier alpha value is -1.65. The number of carbonyl (C=O) groups is 1. The van der Waals surface area contributed by atoms with E-state index in [4.69, 9.17) is 4.74 Å². The van der Waals surface area contributed by atoms with Crippen molar-refractivity contribution in [3.8, 4) is 0 Å². The predicted molar refractivity (Wildman–Crippen MR) is 94.3 cm³/mol. The van der Waals surface area contributed by atoms with Gasteiger partial charge in [0.25, 0.3) is 0 Å². The van der Waals surface area contributed by atoms with Gasteiger partial charge in [0.1, 0.15) is 12.2 Å². The summed E-state index contributed by atoms with van der Waals surface area (Å²) in [5, 5.41) is 20.2. The lowest BCUT2D eigenvalue weighted by atomic mass is 9.87. The van der Waals surface area contributed by atoms with Crippen LogP contribution in [0.4, 0.5) is 0 Å². The highest BCUT2D eigenvalue weighted by Crippen LogP contribution is 2.34. The monoisotopic (exact) mass is 332 g/mol. The first kappa shape index (κ1) is 18.7. The predicted octanol–water partition coefficient (Wildman–Crippen LogP) is 3.22. The van der Waals surface area contributed by atoms with Gasteiger partial charge in [0, 0.05) is 11.5 Å². The summed E-state index contributed by atoms with van der Waals surface area (Å²) in [5.74, 6) is -0.685. The maximum absolute atomic E-state index is 11.9. The second-order valence-corrected chi connectivity index (χ2v) is 6.78. The lowest BCUT2D eigenvalue weighted by Gasteiger charge is -2.23. The molecule has 1 saturated heterocycles. The van der Waals surface area contributed by atoms with Gasteiger partial charge in [-0.05, 0) is 57.1 Å². The van der Waals surface area contributed by atoms with Crippen LogP contribution in [0.25, 0.3) is 0 Å². The first-order valence-corrected chi connectivity index (χ1v) is 8.63. The summed E-state index contributed by atoms with van der Waals surface area (Å²) in [7, 11) is 0. The van der Waals surface area contributed by atoms with Gasteiger partial charge in [-0.15, -0.1) is 0 Å². The zero-order chi connectivity index (χ0) is 17.7. The maximum Gasteiger partial charge on any atom is 0.334 e. The topological polar surface area (TPSA) is 66.8 Å². The Morgan fingerprint density at radius 2 is 1.92 bits per heavy atom. The third-order valence-electron chi connectivity index (χ3n) is 4.95. The van der Waals surface area contributed by atoms with Gasteiger partial charge in [-0.3, -0.25) is 0 Å². The minimum Gasteiger partial charge on any atom is -0.455 e. The van der Waals surface area contributed by atoms with E-state index >= 15 is 0 Å². The Labute approximate surface area is 144 Å². The highest BCUT2D eigenvalue weighted by molar-refractivity contribution is 5.91. The molecule has 0 unspecified atom stereocenters. The van der Waals surface area contributed by atoms with Crippen molar-refractivity contribution in [2.75, 3.05) is 6.61 Å². The number of ether oxygens (including phenoxy) is 1. The second-order valence-electron chi connectivity index (χ2n) is 6.78. The molecule has 132 valence electrons. The van der Waals surface area contributed by atoms with Crippen molar-refractivity contribution in [3.63, 3.8) is 0 Å². The molecule has 4 heteroatoms. The van der Waals surface area contributed by atoms with Crippen LogP contribution in [-0.4, -0.2) is 35.0 Å². The fourth-order valence-electron chi connectivity index (χ4n) is 3.24. The summed E-state index contributed by atoms with van der Waals surface area (Å²) >= 11 is 0. The SMILES string of the molecule is C=C1C(=O)O[C@@H]2[C@@H]1C/C=C(/CO)CC/C=C(/C)CC/C=C(/C)[C@H]2O. The van der Waals surface area contributed by atoms with Gasteiger partial charge in [0.15, 0.2) is 0 Å². The Kier molecular flexibility index (Phi) is 6.58. The number of aliphatic hydroxyl groups is 2. The van der Waals surface area contributed by atoms with Crippen molar-refractivity contribution < 1.29 is 19.7 Å². The van der Waals surface area contributed by atoms with Crippen LogP contribution < -0.4 is 0 Å². The second kappa shape index (κ2) is 8.45. The normalized spacial score (nSPS) is 36.3. The number of hydrogen-bond donors (Lipinski definition) is 2. The van der Waals surface area contributed by atoms with E-state index in [1.165, 1.54) is 5.57 Å². The molecule has 0 bridgehead atoms. The summed E-state index contributed by atoms with van der Waals surface area (Å²) < 4.78 is 5.38. The van der Waals surface area contributed by atoms with Gasteiger partial charge in [0.2, 0.25) is 0 Å². The molecule has 4 nitrogen and oxygen atoms in total. The zero-order valence-corrected chi connectivity index (χ0v) is 14.6. The summed E-state index contributed by atoms with van der Waals surface area (Å²) in [6.45, 7) is 7.82. The zero-order valence-electron chi connectivity index (χ0n) is 14.6. The number of fused-ring (bicyclic) bond motifs is 1. The minimum atomic E-state index is -0.823. The van der Waals surface area contributed by atoms with E-state index in [0.717, 1.165) is 36.8 Å². The molecule has 3 atom stereocenters. The van der Waals surface area contributed by atoms with Crippen molar-refractivity contribution in [2.24, 2.45) is 5.92 Å². The van der Waals surface area contributed by atoms with Crippen LogP contribution in [0.15, 0.2) is 47.1 Å². The van der Waals surface area contributed by atoms with Crippen LogP contribution in [0.1, 0.15) is 46.0 Å². The molecule has 1 heterocycles. The van der Waals surface area contributed by atoms with E-state index in [-0.39, 0.29) is 12.5 Å². The molecule has 0 saturated carbocycles. The van der Waals surface area contributed by atoms with E-state index < -0.39 is 18.2 Å². The number of carbonyl (C=O) groups excluding carboxylic acids is 1. The summed E-state index contributed by atoms with van der Waals surface area (Å²) in [6, 6.07) is 0. The van der Waals surface area contributed by atoms with E-state index in [2.05, 4.69) is 19.6 Å². The standard InChI is InChI=1S/C20H28O4/c1-13-6-4-8-14(2)18(22)19-17(15(3)20(23)24-19)11-10-16(12-21)9-5-7-13/h7-8,10,17-19,21-22H,3-6,9,11-12H2,1-2H3/b13-7-,14-8-,16-10+/t17-,18-,19-/m1/s1. The number of allylic oxidation sites excluding steroid dienone is 4. The average Bonchev–Trinajstić information content (AvgIpc) is 2.84. The molecule has 24 heavy (non-hydrogen) atoms. The molecule has 0 aromatic rings. The molecule has 0 aromatic carbocycles. The van der Waals surface area contributed by atoms with Crippen LogP contribution in [0.5, 0.6) is 0 Å². The average molecular weight is 332 g/mol. The van der Waals surface area contributed by atoms with Crippen LogP contribution in [0.2, 0.25) is 0 Å². The Bertz CT molecular complexity index is 582. The van der Waals surface area contributed by atoms with Crippen LogP contribution in [-0.2, 0) is 9.53 Å². The van der Waals surface area contributed by atoms with E-state index in [0.29, 0.717) is 12.0 Å². The lowest BCUT2D eigenvalue weighted by Crippen LogP contribution is -2.32. The third kappa shape index (κ3) is 4.46. The number of esters is 1. The van der Waals surface area contributed by atoms with E-state index in [9.17, 15) is 15.0 Å². The van der Waals surface area contributed by atoms with Crippen molar-refractivity contribution >= 4 is 5.97 Å². The van der Waals surface area contributed by atoms with E-state index in [1.807, 2.05) is 19.1 Å². The Morgan fingerprint density at radius 3 is 2.62 bits per heavy atom. The van der Waals surface area contributed by atoms with Crippen LogP contribution >= 0.6 is 0 Å². The molecule has 0 spiro atoms. The molecule has 0 radical (unpaired) electrons. The lowest BCUT2D eigenvalue weighted by molar-refractivity contribution is -0.142. The fraction of sp³-hybridized carbons (Fsp3) is 0.550. The van der Waals surface area contributed by atoms with Gasteiger partial charge in [-0.1, -0.05) is 30.4 Å². The largest absolute Gasteiger partial charge is 0.455 e. The van der Waals surface area contributed by atoms with Crippen molar-refractivity contribution in [3.05, 3.63) is 47.1 Å².